The summed E-state index contributed by atoms with van der Waals surface area (Å²) in [5, 5.41) is 0. The van der Waals surface area contributed by atoms with Crippen molar-refractivity contribution >= 4 is 11.9 Å². The smallest absolute Gasteiger partial charge is 0.306 e. The summed E-state index contributed by atoms with van der Waals surface area (Å²) < 4.78 is 17.5. The Morgan fingerprint density at radius 3 is 1.03 bits per heavy atom. The van der Waals surface area contributed by atoms with Crippen molar-refractivity contribution in [2.75, 3.05) is 19.8 Å². The molecule has 0 heterocycles. The maximum absolute atomic E-state index is 12.9. The lowest BCUT2D eigenvalue weighted by Gasteiger charge is -2.18. The van der Waals surface area contributed by atoms with E-state index in [4.69, 9.17) is 14.2 Å². The molecule has 0 spiro atoms. The van der Waals surface area contributed by atoms with Crippen molar-refractivity contribution in [2.24, 2.45) is 0 Å². The summed E-state index contributed by atoms with van der Waals surface area (Å²) >= 11 is 0. The van der Waals surface area contributed by atoms with Crippen LogP contribution in [0.25, 0.3) is 0 Å². The van der Waals surface area contributed by atoms with Crippen LogP contribution in [0.3, 0.4) is 0 Å². The number of hydrogen-bond acceptors (Lipinski definition) is 5. The monoisotopic (exact) mass is 973 g/mol. The van der Waals surface area contributed by atoms with Gasteiger partial charge in [-0.3, -0.25) is 9.59 Å². The molecule has 5 heteroatoms. The summed E-state index contributed by atoms with van der Waals surface area (Å²) in [7, 11) is 0. The standard InChI is InChI=1S/C65H112O5/c1-4-7-10-13-16-19-22-25-28-30-32-34-36-39-42-45-48-51-54-57-60-68-61-63(70-65(67)59-56-53-50-47-44-41-37-27-24-21-18-15-12-9-6-3)62-69-64(66)58-55-52-49-46-43-40-38-35-33-31-29-26-23-20-17-14-11-8-5-2/h7,10,16-21,25-29,32,34,37,63H,4-6,8-9,11-15,22-24,30-31,33,35-36,38-62H2,1-3H3/b10-7-,19-16-,20-17-,21-18-,28-25-,29-26-,34-32-,37-27-. The summed E-state index contributed by atoms with van der Waals surface area (Å²) in [4.78, 5) is 25.6. The molecule has 0 aromatic heterocycles. The van der Waals surface area contributed by atoms with Crippen LogP contribution >= 0.6 is 0 Å². The van der Waals surface area contributed by atoms with Gasteiger partial charge in [0.1, 0.15) is 6.61 Å². The zero-order valence-corrected chi connectivity index (χ0v) is 46.3. The third-order valence-electron chi connectivity index (χ3n) is 12.6. The van der Waals surface area contributed by atoms with Crippen molar-refractivity contribution in [1.82, 2.24) is 0 Å². The Balaban J connectivity index is 4.32. The van der Waals surface area contributed by atoms with E-state index in [2.05, 4.69) is 118 Å². The Bertz CT molecular complexity index is 1330. The van der Waals surface area contributed by atoms with Gasteiger partial charge in [-0.15, -0.1) is 0 Å². The van der Waals surface area contributed by atoms with Gasteiger partial charge in [0.25, 0.3) is 0 Å². The zero-order valence-electron chi connectivity index (χ0n) is 46.3. The number of esters is 2. The summed E-state index contributed by atoms with van der Waals surface area (Å²) in [6.45, 7) is 7.64. The minimum absolute atomic E-state index is 0.0691. The van der Waals surface area contributed by atoms with Crippen molar-refractivity contribution < 1.29 is 23.8 Å². The Morgan fingerprint density at radius 1 is 0.329 bits per heavy atom. The molecule has 0 fully saturated rings. The van der Waals surface area contributed by atoms with E-state index in [0.29, 0.717) is 19.4 Å². The van der Waals surface area contributed by atoms with E-state index in [1.165, 1.54) is 148 Å². The zero-order chi connectivity index (χ0) is 50.6. The lowest BCUT2D eigenvalue weighted by Crippen LogP contribution is -2.30. The van der Waals surface area contributed by atoms with Gasteiger partial charge in [0.15, 0.2) is 6.10 Å². The van der Waals surface area contributed by atoms with E-state index in [0.717, 1.165) is 96.3 Å². The topological polar surface area (TPSA) is 61.8 Å². The molecule has 0 aromatic carbocycles. The fourth-order valence-corrected chi connectivity index (χ4v) is 8.15. The van der Waals surface area contributed by atoms with Crippen LogP contribution in [0.4, 0.5) is 0 Å². The molecule has 0 saturated heterocycles. The fourth-order valence-electron chi connectivity index (χ4n) is 8.15. The van der Waals surface area contributed by atoms with Crippen LogP contribution < -0.4 is 0 Å². The lowest BCUT2D eigenvalue weighted by atomic mass is 10.1. The number of rotatable bonds is 54. The minimum Gasteiger partial charge on any atom is -0.462 e. The maximum Gasteiger partial charge on any atom is 0.306 e. The van der Waals surface area contributed by atoms with Crippen LogP contribution in [-0.2, 0) is 23.8 Å². The van der Waals surface area contributed by atoms with Crippen molar-refractivity contribution in [1.29, 1.82) is 0 Å². The molecule has 0 saturated carbocycles. The molecular weight excluding hydrogens is 861 g/mol. The van der Waals surface area contributed by atoms with E-state index >= 15 is 0 Å². The molecule has 0 rings (SSSR count). The Morgan fingerprint density at radius 2 is 0.643 bits per heavy atom. The first-order valence-corrected chi connectivity index (χ1v) is 29.8. The highest BCUT2D eigenvalue weighted by molar-refractivity contribution is 5.70. The van der Waals surface area contributed by atoms with Gasteiger partial charge in [-0.1, -0.05) is 240 Å². The first kappa shape index (κ1) is 66.8. The SMILES string of the molecule is CC/C=C\C/C=C\C/C=C\C/C=C\CCCCCCCCCOCC(COC(=O)CCCCCCCCCCC/C=C\C/C=C\CCCCC)OC(=O)CCCCCCC/C=C\C/C=C\CCCCC. The molecule has 402 valence electrons. The predicted octanol–water partition coefficient (Wildman–Crippen LogP) is 20.6. The van der Waals surface area contributed by atoms with E-state index in [1.54, 1.807) is 0 Å². The Kier molecular flexibility index (Phi) is 57.4. The van der Waals surface area contributed by atoms with Crippen LogP contribution in [-0.4, -0.2) is 37.9 Å². The van der Waals surface area contributed by atoms with Crippen molar-refractivity contribution in [3.05, 3.63) is 97.2 Å². The molecule has 0 aliphatic carbocycles. The lowest BCUT2D eigenvalue weighted by molar-refractivity contribution is -0.163. The summed E-state index contributed by atoms with van der Waals surface area (Å²) in [6.07, 6.45) is 81.4. The van der Waals surface area contributed by atoms with E-state index in [9.17, 15) is 9.59 Å². The normalized spacial score (nSPS) is 12.9. The molecule has 0 aromatic rings. The van der Waals surface area contributed by atoms with Crippen molar-refractivity contribution in [2.45, 2.75) is 284 Å². The van der Waals surface area contributed by atoms with Crippen LogP contribution in [0.2, 0.25) is 0 Å². The van der Waals surface area contributed by atoms with Crippen LogP contribution in [0.1, 0.15) is 278 Å². The quantitative estimate of drug-likeness (QED) is 0.0345. The first-order chi connectivity index (χ1) is 34.6. The van der Waals surface area contributed by atoms with Gasteiger partial charge in [-0.25, -0.2) is 0 Å². The van der Waals surface area contributed by atoms with E-state index in [1.807, 2.05) is 0 Å². The predicted molar refractivity (Wildman–Crippen MR) is 306 cm³/mol. The average molecular weight is 974 g/mol. The first-order valence-electron chi connectivity index (χ1n) is 29.8. The number of carbonyl (C=O) groups excluding carboxylic acids is 2. The highest BCUT2D eigenvalue weighted by Crippen LogP contribution is 2.15. The minimum atomic E-state index is -0.558. The van der Waals surface area contributed by atoms with Gasteiger partial charge in [-0.2, -0.15) is 0 Å². The number of unbranched alkanes of at least 4 members (excludes halogenated alkanes) is 27. The summed E-state index contributed by atoms with van der Waals surface area (Å²) in [5.74, 6) is -0.420. The largest absolute Gasteiger partial charge is 0.462 e. The molecular formula is C65H112O5. The molecule has 0 bridgehead atoms. The molecule has 0 radical (unpaired) electrons. The maximum atomic E-state index is 12.9. The third-order valence-corrected chi connectivity index (χ3v) is 12.6. The van der Waals surface area contributed by atoms with Crippen LogP contribution in [0, 0.1) is 0 Å². The average Bonchev–Trinajstić information content (AvgIpc) is 3.36. The fraction of sp³-hybridized carbons (Fsp3) is 0.723. The molecule has 0 aliphatic heterocycles. The Labute approximate surface area is 434 Å². The Hall–Kier alpha value is -3.18. The second kappa shape index (κ2) is 60.1. The summed E-state index contributed by atoms with van der Waals surface area (Å²) in [5.41, 5.74) is 0. The molecule has 0 N–H and O–H groups in total. The molecule has 0 amide bonds. The molecule has 1 unspecified atom stereocenters. The van der Waals surface area contributed by atoms with Gasteiger partial charge in [-0.05, 0) is 122 Å². The highest BCUT2D eigenvalue weighted by Gasteiger charge is 2.17. The van der Waals surface area contributed by atoms with Gasteiger partial charge in [0, 0.05) is 19.4 Å². The number of hydrogen-bond donors (Lipinski definition) is 0. The number of ether oxygens (including phenoxy) is 3. The highest BCUT2D eigenvalue weighted by atomic mass is 16.6. The van der Waals surface area contributed by atoms with E-state index in [-0.39, 0.29) is 25.2 Å². The third kappa shape index (κ3) is 57.4. The van der Waals surface area contributed by atoms with Gasteiger partial charge in [0.05, 0.1) is 6.61 Å². The van der Waals surface area contributed by atoms with Crippen LogP contribution in [0.5, 0.6) is 0 Å². The molecule has 70 heavy (non-hydrogen) atoms. The summed E-state index contributed by atoms with van der Waals surface area (Å²) in [6, 6.07) is 0. The van der Waals surface area contributed by atoms with E-state index < -0.39 is 6.10 Å². The number of allylic oxidation sites excluding steroid dienone is 16. The van der Waals surface area contributed by atoms with Gasteiger partial charge in [0.2, 0.25) is 0 Å². The molecule has 5 nitrogen and oxygen atoms in total. The van der Waals surface area contributed by atoms with Crippen molar-refractivity contribution in [3.63, 3.8) is 0 Å². The second-order valence-electron chi connectivity index (χ2n) is 19.5. The van der Waals surface area contributed by atoms with Gasteiger partial charge < -0.3 is 14.2 Å². The molecule has 1 atom stereocenters. The van der Waals surface area contributed by atoms with Crippen molar-refractivity contribution in [3.8, 4) is 0 Å². The molecule has 0 aliphatic rings. The van der Waals surface area contributed by atoms with Gasteiger partial charge >= 0.3 is 11.9 Å². The number of carbonyl (C=O) groups is 2. The second-order valence-corrected chi connectivity index (χ2v) is 19.5. The van der Waals surface area contributed by atoms with Crippen LogP contribution in [0.15, 0.2) is 97.2 Å².